The van der Waals surface area contributed by atoms with Crippen LogP contribution in [0.2, 0.25) is 0 Å². The van der Waals surface area contributed by atoms with Crippen LogP contribution in [0.1, 0.15) is 15.2 Å². The Bertz CT molecular complexity index is 1350. The number of carbonyl (C=O) groups is 2. The molecule has 0 aliphatic rings. The van der Waals surface area contributed by atoms with E-state index in [1.807, 2.05) is 0 Å². The zero-order valence-corrected chi connectivity index (χ0v) is 17.1. The van der Waals surface area contributed by atoms with Gasteiger partial charge in [-0.2, -0.15) is 31.4 Å². The summed E-state index contributed by atoms with van der Waals surface area (Å²) in [4.78, 5) is 24.0. The highest BCUT2D eigenvalue weighted by Crippen LogP contribution is 2.46. The monoisotopic (exact) mass is 507 g/mol. The van der Waals surface area contributed by atoms with E-state index < -0.39 is 77.4 Å². The summed E-state index contributed by atoms with van der Waals surface area (Å²) >= 11 is 0. The van der Waals surface area contributed by atoms with Crippen LogP contribution in [0.3, 0.4) is 0 Å². The maximum Gasteiger partial charge on any atom is 0.420 e. The molecular formula is C21H15F7N4O3. The molecule has 0 radical (unpaired) electrons. The van der Waals surface area contributed by atoms with Gasteiger partial charge in [0.25, 0.3) is 0 Å². The Morgan fingerprint density at radius 1 is 1.11 bits per heavy atom. The Kier molecular flexibility index (Phi) is 5.68. The van der Waals surface area contributed by atoms with Crippen molar-refractivity contribution in [1.29, 1.82) is 0 Å². The van der Waals surface area contributed by atoms with E-state index in [1.165, 1.54) is 0 Å². The maximum atomic E-state index is 13.9. The van der Waals surface area contributed by atoms with Crippen LogP contribution >= 0.6 is 0 Å². The molecule has 0 fully saturated rings. The number of benzene rings is 2. The van der Waals surface area contributed by atoms with Crippen molar-refractivity contribution in [3.8, 4) is 16.9 Å². The minimum atomic E-state index is -5.52. The highest BCUT2D eigenvalue weighted by atomic mass is 19.4. The zero-order chi connectivity index (χ0) is 28.6. The average Bonchev–Trinajstić information content (AvgIpc) is 3.20. The Morgan fingerprint density at radius 2 is 1.77 bits per heavy atom. The average molecular weight is 507 g/mol. The molecular weight excluding hydrogens is 489 g/mol. The molecule has 0 atom stereocenters. The van der Waals surface area contributed by atoms with E-state index in [2.05, 4.69) is 5.10 Å². The van der Waals surface area contributed by atoms with Crippen molar-refractivity contribution < 1.29 is 49.2 Å². The smallest absolute Gasteiger partial charge is 0.409 e. The van der Waals surface area contributed by atoms with Crippen molar-refractivity contribution >= 4 is 17.7 Å². The number of aromatic nitrogens is 2. The van der Waals surface area contributed by atoms with Gasteiger partial charge >= 0.3 is 18.4 Å². The molecule has 2 aromatic carbocycles. The van der Waals surface area contributed by atoms with E-state index in [4.69, 9.17) is 14.6 Å². The molecule has 7 nitrogen and oxygen atoms in total. The van der Waals surface area contributed by atoms with Crippen molar-refractivity contribution in [2.45, 2.75) is 18.9 Å². The van der Waals surface area contributed by atoms with Gasteiger partial charge in [0.2, 0.25) is 5.91 Å². The molecule has 35 heavy (non-hydrogen) atoms. The normalized spacial score (nSPS) is 13.5. The fourth-order valence-electron chi connectivity index (χ4n) is 2.90. The summed E-state index contributed by atoms with van der Waals surface area (Å²) in [5.74, 6) is -3.23. The van der Waals surface area contributed by atoms with Crippen molar-refractivity contribution in [1.82, 2.24) is 9.78 Å². The number of rotatable bonds is 5. The molecule has 0 bridgehead atoms. The largest absolute Gasteiger partial charge is 0.420 e. The van der Waals surface area contributed by atoms with Crippen LogP contribution in [-0.2, 0) is 23.7 Å². The van der Waals surface area contributed by atoms with Crippen LogP contribution in [0.5, 0.6) is 5.75 Å². The van der Waals surface area contributed by atoms with E-state index in [9.17, 15) is 40.3 Å². The summed E-state index contributed by atoms with van der Waals surface area (Å²) in [7, 11) is 0. The number of primary amides is 1. The number of nitrogens with zero attached hydrogens (tertiary/aromatic N) is 3. The lowest BCUT2D eigenvalue weighted by atomic mass is 9.99. The van der Waals surface area contributed by atoms with Crippen molar-refractivity contribution in [3.63, 3.8) is 0 Å². The lowest BCUT2D eigenvalue weighted by Crippen LogP contribution is -2.30. The molecule has 0 unspecified atom stereocenters. The lowest BCUT2D eigenvalue weighted by Gasteiger charge is -2.22. The van der Waals surface area contributed by atoms with E-state index in [0.29, 0.717) is 0 Å². The molecule has 1 aromatic heterocycles. The Balaban J connectivity index is 2.24. The number of nitrogens with two attached hydrogens (primary N) is 1. The predicted molar refractivity (Wildman–Crippen MR) is 108 cm³/mol. The molecule has 2 N–H and O–H groups in total. The quantitative estimate of drug-likeness (QED) is 0.500. The third-order valence-electron chi connectivity index (χ3n) is 4.44. The standard InChI is InChI=1S/C21H15F7N4O3/c1-31(14-4-2-13(22)3-5-14)19(34)35-18-15(11-8-30-32(9-11)10-17(29)33)6-12(20(23,24)25)7-16(18)21(26,27)28/h2-9H,10H2,1H3,(H2,29,33)/i1D3. The third-order valence-corrected chi connectivity index (χ3v) is 4.44. The van der Waals surface area contributed by atoms with E-state index in [0.717, 1.165) is 41.3 Å². The summed E-state index contributed by atoms with van der Waals surface area (Å²) < 4.78 is 124. The highest BCUT2D eigenvalue weighted by molar-refractivity contribution is 5.90. The fraction of sp³-hybridized carbons (Fsp3) is 0.190. The molecule has 14 heteroatoms. The number of hydrogen-bond acceptors (Lipinski definition) is 4. The molecule has 1 heterocycles. The molecule has 2 amide bonds. The minimum absolute atomic E-state index is 0.0788. The molecule has 0 aliphatic carbocycles. The first-order chi connectivity index (χ1) is 17.4. The van der Waals surface area contributed by atoms with Crippen LogP contribution < -0.4 is 15.4 Å². The molecule has 0 aliphatic heterocycles. The van der Waals surface area contributed by atoms with E-state index in [-0.39, 0.29) is 17.0 Å². The van der Waals surface area contributed by atoms with Gasteiger partial charge < -0.3 is 10.5 Å². The Labute approximate surface area is 196 Å². The third kappa shape index (κ3) is 5.88. The molecule has 0 saturated heterocycles. The van der Waals surface area contributed by atoms with Crippen LogP contribution in [0.4, 0.5) is 41.2 Å². The zero-order valence-electron chi connectivity index (χ0n) is 20.1. The lowest BCUT2D eigenvalue weighted by molar-refractivity contribution is -0.143. The number of ether oxygens (including phenoxy) is 1. The van der Waals surface area contributed by atoms with Gasteiger partial charge in [0, 0.05) is 34.1 Å². The number of anilines is 1. The predicted octanol–water partition coefficient (Wildman–Crippen LogP) is 4.85. The number of amides is 2. The Hall–Kier alpha value is -4.10. The van der Waals surface area contributed by atoms with Gasteiger partial charge in [-0.05, 0) is 36.4 Å². The summed E-state index contributed by atoms with van der Waals surface area (Å²) in [6.07, 6.45) is -11.1. The topological polar surface area (TPSA) is 90.5 Å². The van der Waals surface area contributed by atoms with Crippen molar-refractivity contribution in [2.75, 3.05) is 11.9 Å². The van der Waals surface area contributed by atoms with Gasteiger partial charge in [0.05, 0.1) is 17.3 Å². The Morgan fingerprint density at radius 3 is 2.31 bits per heavy atom. The summed E-state index contributed by atoms with van der Waals surface area (Å²) in [5, 5.41) is 3.64. The van der Waals surface area contributed by atoms with Crippen LogP contribution in [0.15, 0.2) is 48.8 Å². The van der Waals surface area contributed by atoms with Crippen LogP contribution in [0, 0.1) is 5.82 Å². The van der Waals surface area contributed by atoms with Gasteiger partial charge in [-0.15, -0.1) is 0 Å². The second-order valence-electron chi connectivity index (χ2n) is 6.97. The number of hydrogen-bond donors (Lipinski definition) is 1. The van der Waals surface area contributed by atoms with E-state index >= 15 is 0 Å². The van der Waals surface area contributed by atoms with Gasteiger partial charge in [-0.3, -0.25) is 14.4 Å². The first-order valence-electron chi connectivity index (χ1n) is 10.8. The number of alkyl halides is 6. The highest BCUT2D eigenvalue weighted by Gasteiger charge is 2.41. The maximum absolute atomic E-state index is 13.9. The first-order valence-corrected chi connectivity index (χ1v) is 9.29. The van der Waals surface area contributed by atoms with Crippen LogP contribution in [-0.4, -0.2) is 28.8 Å². The molecule has 186 valence electrons. The summed E-state index contributed by atoms with van der Waals surface area (Å²) in [6, 6.07) is 3.11. The van der Waals surface area contributed by atoms with Gasteiger partial charge in [-0.1, -0.05) is 0 Å². The van der Waals surface area contributed by atoms with Crippen molar-refractivity contribution in [3.05, 3.63) is 65.7 Å². The SMILES string of the molecule is [2H]C([2H])([2H])N(C(=O)Oc1c(-c2cnn(CC(N)=O)c2)cc(C(F)(F)F)cc1C(F)(F)F)c1ccc(F)cc1. The van der Waals surface area contributed by atoms with E-state index in [1.54, 1.807) is 0 Å². The number of carbonyl (C=O) groups excluding carboxylic acids is 2. The second kappa shape index (κ2) is 9.27. The van der Waals surface area contributed by atoms with Gasteiger partial charge in [-0.25, -0.2) is 9.18 Å². The summed E-state index contributed by atoms with van der Waals surface area (Å²) in [6.45, 7) is -3.96. The second-order valence-corrected chi connectivity index (χ2v) is 6.97. The minimum Gasteiger partial charge on any atom is -0.409 e. The molecule has 3 aromatic rings. The molecule has 0 spiro atoms. The van der Waals surface area contributed by atoms with Gasteiger partial charge in [0.1, 0.15) is 12.4 Å². The molecule has 0 saturated carbocycles. The summed E-state index contributed by atoms with van der Waals surface area (Å²) in [5.41, 5.74) is -0.704. The fourth-order valence-corrected chi connectivity index (χ4v) is 2.90. The van der Waals surface area contributed by atoms with Crippen LogP contribution in [0.25, 0.3) is 11.1 Å². The number of halogens is 7. The van der Waals surface area contributed by atoms with Crippen molar-refractivity contribution in [2.24, 2.45) is 5.73 Å². The molecule has 3 rings (SSSR count). The first kappa shape index (κ1) is 21.4. The van der Waals surface area contributed by atoms with Gasteiger partial charge in [0.15, 0.2) is 5.75 Å².